The van der Waals surface area contributed by atoms with Crippen molar-refractivity contribution in [1.29, 1.82) is 0 Å². The fourth-order valence-electron chi connectivity index (χ4n) is 3.22. The Hall–Kier alpha value is -3.85. The molecule has 4 aromatic rings. The molecule has 0 radical (unpaired) electrons. The first kappa shape index (κ1) is 21.4. The van der Waals surface area contributed by atoms with Gasteiger partial charge in [-0.25, -0.2) is 0 Å². The average molecular weight is 438 g/mol. The van der Waals surface area contributed by atoms with Crippen LogP contribution >= 0.6 is 0 Å². The molecule has 4 rings (SSSR count). The van der Waals surface area contributed by atoms with Crippen LogP contribution in [0.1, 0.15) is 23.2 Å². The number of ether oxygens (including phenoxy) is 2. The highest BCUT2D eigenvalue weighted by atomic mass is 19.3. The summed E-state index contributed by atoms with van der Waals surface area (Å²) in [6, 6.07) is 19.9. The second-order valence-electron chi connectivity index (χ2n) is 6.74. The molecule has 1 unspecified atom stereocenters. The van der Waals surface area contributed by atoms with Gasteiger partial charge in [-0.3, -0.25) is 10.3 Å². The summed E-state index contributed by atoms with van der Waals surface area (Å²) >= 11 is 0. The van der Waals surface area contributed by atoms with Gasteiger partial charge >= 0.3 is 6.61 Å². The third-order valence-electron chi connectivity index (χ3n) is 4.68. The van der Waals surface area contributed by atoms with E-state index in [0.29, 0.717) is 23.8 Å². The minimum Gasteiger partial charge on any atom is -0.493 e. The van der Waals surface area contributed by atoms with Crippen LogP contribution in [0.4, 0.5) is 8.78 Å². The molecule has 0 amide bonds. The molecule has 0 bridgehead atoms. The van der Waals surface area contributed by atoms with Gasteiger partial charge in [-0.15, -0.1) is 0 Å². The second kappa shape index (κ2) is 9.97. The Bertz CT molecular complexity index is 1100. The van der Waals surface area contributed by atoms with Crippen LogP contribution in [0.3, 0.4) is 0 Å². The van der Waals surface area contributed by atoms with Crippen LogP contribution in [0.5, 0.6) is 11.5 Å². The van der Waals surface area contributed by atoms with Gasteiger partial charge in [0, 0.05) is 11.8 Å². The van der Waals surface area contributed by atoms with Crippen molar-refractivity contribution in [3.63, 3.8) is 0 Å². The Morgan fingerprint density at radius 3 is 2.53 bits per heavy atom. The molecule has 2 aromatic heterocycles. The van der Waals surface area contributed by atoms with E-state index < -0.39 is 6.61 Å². The van der Waals surface area contributed by atoms with Crippen LogP contribution in [-0.2, 0) is 6.54 Å². The predicted molar refractivity (Wildman–Crippen MR) is 112 cm³/mol. The zero-order chi connectivity index (χ0) is 22.3. The van der Waals surface area contributed by atoms with E-state index >= 15 is 0 Å². The molecule has 9 heteroatoms. The van der Waals surface area contributed by atoms with E-state index in [1.807, 2.05) is 48.5 Å². The van der Waals surface area contributed by atoms with Gasteiger partial charge in [0.1, 0.15) is 0 Å². The van der Waals surface area contributed by atoms with Gasteiger partial charge in [0.2, 0.25) is 11.7 Å². The quantitative estimate of drug-likeness (QED) is 0.408. The summed E-state index contributed by atoms with van der Waals surface area (Å²) in [6.07, 6.45) is 1.74. The summed E-state index contributed by atoms with van der Waals surface area (Å²) in [5.74, 6) is 0.741. The molecule has 0 aliphatic carbocycles. The average Bonchev–Trinajstić information content (AvgIpc) is 3.29. The molecular formula is C23H20F2N4O3. The lowest BCUT2D eigenvalue weighted by Crippen LogP contribution is -2.23. The highest BCUT2D eigenvalue weighted by Crippen LogP contribution is 2.32. The van der Waals surface area contributed by atoms with Crippen molar-refractivity contribution in [2.24, 2.45) is 0 Å². The van der Waals surface area contributed by atoms with E-state index in [0.717, 1.165) is 11.3 Å². The summed E-state index contributed by atoms with van der Waals surface area (Å²) in [7, 11) is 1.37. The molecule has 0 spiro atoms. The fourth-order valence-corrected chi connectivity index (χ4v) is 3.22. The molecule has 164 valence electrons. The van der Waals surface area contributed by atoms with E-state index in [2.05, 4.69) is 25.2 Å². The second-order valence-corrected chi connectivity index (χ2v) is 6.74. The van der Waals surface area contributed by atoms with Crippen LogP contribution in [0.15, 0.2) is 77.4 Å². The Balaban J connectivity index is 1.51. The smallest absolute Gasteiger partial charge is 0.387 e. The van der Waals surface area contributed by atoms with Crippen molar-refractivity contribution in [1.82, 2.24) is 20.4 Å². The summed E-state index contributed by atoms with van der Waals surface area (Å²) in [4.78, 5) is 8.86. The zero-order valence-electron chi connectivity index (χ0n) is 17.1. The fraction of sp³-hybridized carbons (Fsp3) is 0.174. The number of nitrogens with zero attached hydrogens (tertiary/aromatic N) is 3. The molecular weight excluding hydrogens is 418 g/mol. The number of benzene rings is 2. The van der Waals surface area contributed by atoms with Gasteiger partial charge in [0.25, 0.3) is 0 Å². The molecule has 7 nitrogen and oxygen atoms in total. The van der Waals surface area contributed by atoms with Gasteiger partial charge in [0.05, 0.1) is 25.4 Å². The normalized spacial score (nSPS) is 12.0. The van der Waals surface area contributed by atoms with Gasteiger partial charge in [-0.05, 0) is 35.9 Å². The lowest BCUT2D eigenvalue weighted by atomic mass is 10.0. The molecule has 0 aliphatic heterocycles. The molecule has 0 saturated carbocycles. The largest absolute Gasteiger partial charge is 0.493 e. The van der Waals surface area contributed by atoms with Gasteiger partial charge in [0.15, 0.2) is 11.5 Å². The van der Waals surface area contributed by atoms with Crippen molar-refractivity contribution in [3.8, 4) is 22.9 Å². The topological polar surface area (TPSA) is 82.3 Å². The third kappa shape index (κ3) is 5.06. The van der Waals surface area contributed by atoms with Crippen molar-refractivity contribution < 1.29 is 22.8 Å². The highest BCUT2D eigenvalue weighted by molar-refractivity contribution is 5.60. The first-order valence-electron chi connectivity index (χ1n) is 9.79. The van der Waals surface area contributed by atoms with Crippen LogP contribution in [0.25, 0.3) is 11.4 Å². The Kier molecular flexibility index (Phi) is 6.66. The number of pyridine rings is 1. The maximum atomic E-state index is 12.5. The SMILES string of the molecule is COc1cc(-c2noc(CNC(c3ccccc3)c3ccccn3)n2)ccc1OC(F)F. The molecule has 2 heterocycles. The molecule has 1 N–H and O–H groups in total. The maximum absolute atomic E-state index is 12.5. The van der Waals surface area contributed by atoms with Crippen LogP contribution < -0.4 is 14.8 Å². The predicted octanol–water partition coefficient (Wildman–Crippen LogP) is 4.62. The highest BCUT2D eigenvalue weighted by Gasteiger charge is 2.18. The Morgan fingerprint density at radius 1 is 1.00 bits per heavy atom. The monoisotopic (exact) mass is 438 g/mol. The van der Waals surface area contributed by atoms with Gasteiger partial charge < -0.3 is 14.0 Å². The van der Waals surface area contributed by atoms with E-state index in [9.17, 15) is 8.78 Å². The molecule has 0 fully saturated rings. The Labute approximate surface area is 183 Å². The number of hydrogen-bond donors (Lipinski definition) is 1. The van der Waals surface area contributed by atoms with Crippen molar-refractivity contribution in [2.75, 3.05) is 7.11 Å². The minimum atomic E-state index is -2.95. The van der Waals surface area contributed by atoms with Crippen molar-refractivity contribution >= 4 is 0 Å². The van der Waals surface area contributed by atoms with Crippen LogP contribution in [-0.4, -0.2) is 28.8 Å². The minimum absolute atomic E-state index is 0.0716. The number of nitrogens with one attached hydrogen (secondary N) is 1. The lowest BCUT2D eigenvalue weighted by Gasteiger charge is -2.17. The van der Waals surface area contributed by atoms with Gasteiger partial charge in [-0.2, -0.15) is 13.8 Å². The summed E-state index contributed by atoms with van der Waals surface area (Å²) in [5, 5.41) is 7.39. The van der Waals surface area contributed by atoms with Crippen molar-refractivity contribution in [2.45, 2.75) is 19.2 Å². The van der Waals surface area contributed by atoms with E-state index in [-0.39, 0.29) is 17.5 Å². The molecule has 0 aliphatic rings. The Morgan fingerprint density at radius 2 is 1.81 bits per heavy atom. The third-order valence-corrected chi connectivity index (χ3v) is 4.68. The number of rotatable bonds is 9. The zero-order valence-corrected chi connectivity index (χ0v) is 17.1. The standard InChI is InChI=1S/C23H20F2N4O3/c1-30-19-13-16(10-11-18(19)31-23(24)25)22-28-20(32-29-22)14-27-21(15-7-3-2-4-8-15)17-9-5-6-12-26-17/h2-13,21,23,27H,14H2,1H3. The van der Waals surface area contributed by atoms with E-state index in [1.54, 1.807) is 12.3 Å². The number of alkyl halides is 2. The van der Waals surface area contributed by atoms with Crippen molar-refractivity contribution in [3.05, 3.63) is 90.1 Å². The van der Waals surface area contributed by atoms with Crippen LogP contribution in [0.2, 0.25) is 0 Å². The molecule has 32 heavy (non-hydrogen) atoms. The van der Waals surface area contributed by atoms with E-state index in [1.165, 1.54) is 19.2 Å². The van der Waals surface area contributed by atoms with Crippen LogP contribution in [0, 0.1) is 0 Å². The summed E-state index contributed by atoms with van der Waals surface area (Å²) < 4.78 is 40.0. The number of methoxy groups -OCH3 is 1. The number of hydrogen-bond acceptors (Lipinski definition) is 7. The number of halogens is 2. The van der Waals surface area contributed by atoms with Gasteiger partial charge in [-0.1, -0.05) is 41.6 Å². The first-order valence-corrected chi connectivity index (χ1v) is 9.79. The summed E-state index contributed by atoms with van der Waals surface area (Å²) in [5.41, 5.74) is 2.45. The summed E-state index contributed by atoms with van der Waals surface area (Å²) in [6.45, 7) is -2.65. The first-order chi connectivity index (χ1) is 15.6. The maximum Gasteiger partial charge on any atom is 0.387 e. The molecule has 0 saturated heterocycles. The number of aromatic nitrogens is 3. The molecule has 2 aromatic carbocycles. The lowest BCUT2D eigenvalue weighted by molar-refractivity contribution is -0.0512. The van der Waals surface area contributed by atoms with E-state index in [4.69, 9.17) is 9.26 Å². The molecule has 1 atom stereocenters.